The van der Waals surface area contributed by atoms with Crippen LogP contribution in [-0.4, -0.2) is 5.91 Å². The summed E-state index contributed by atoms with van der Waals surface area (Å²) < 4.78 is 26.7. The fourth-order valence-electron chi connectivity index (χ4n) is 1.91. The molecule has 0 radical (unpaired) electrons. The Morgan fingerprint density at radius 3 is 2.55 bits per heavy atom. The molecule has 2 aromatic rings. The third kappa shape index (κ3) is 2.61. The number of anilines is 2. The Labute approximate surface area is 115 Å². The minimum Gasteiger partial charge on any atom is -0.398 e. The van der Waals surface area contributed by atoms with Crippen LogP contribution in [0.25, 0.3) is 0 Å². The second-order valence-corrected chi connectivity index (χ2v) is 4.55. The summed E-state index contributed by atoms with van der Waals surface area (Å²) in [6.45, 7) is 3.55. The Hall–Kier alpha value is -2.43. The van der Waals surface area contributed by atoms with E-state index in [1.165, 1.54) is 0 Å². The first-order chi connectivity index (χ1) is 9.40. The summed E-state index contributed by atoms with van der Waals surface area (Å²) in [7, 11) is 0. The summed E-state index contributed by atoms with van der Waals surface area (Å²) in [6.07, 6.45) is 0. The number of halogens is 2. The number of nitrogen functional groups attached to an aromatic ring is 1. The van der Waals surface area contributed by atoms with Crippen LogP contribution in [0.2, 0.25) is 0 Å². The predicted octanol–water partition coefficient (Wildman–Crippen LogP) is 3.42. The number of nitrogens with one attached hydrogen (secondary N) is 1. The van der Waals surface area contributed by atoms with Crippen molar-refractivity contribution in [3.05, 3.63) is 58.7 Å². The van der Waals surface area contributed by atoms with Crippen LogP contribution in [-0.2, 0) is 0 Å². The molecule has 3 nitrogen and oxygen atoms in total. The van der Waals surface area contributed by atoms with Gasteiger partial charge in [-0.15, -0.1) is 0 Å². The number of carbonyl (C=O) groups is 1. The van der Waals surface area contributed by atoms with Crippen molar-refractivity contribution >= 4 is 17.3 Å². The third-order valence-electron chi connectivity index (χ3n) is 3.13. The van der Waals surface area contributed by atoms with E-state index in [4.69, 9.17) is 5.73 Å². The zero-order valence-electron chi connectivity index (χ0n) is 11.1. The van der Waals surface area contributed by atoms with Crippen molar-refractivity contribution in [3.8, 4) is 0 Å². The molecular formula is C15H14F2N2O. The lowest BCUT2D eigenvalue weighted by Gasteiger charge is -2.13. The van der Waals surface area contributed by atoms with E-state index in [1.54, 1.807) is 26.0 Å². The van der Waals surface area contributed by atoms with Crippen LogP contribution in [0.3, 0.4) is 0 Å². The lowest BCUT2D eigenvalue weighted by Crippen LogP contribution is -2.16. The van der Waals surface area contributed by atoms with E-state index in [0.717, 1.165) is 23.8 Å². The van der Waals surface area contributed by atoms with Crippen LogP contribution >= 0.6 is 0 Å². The number of amides is 1. The average molecular weight is 276 g/mol. The summed E-state index contributed by atoms with van der Waals surface area (Å²) >= 11 is 0. The standard InChI is InChI=1S/C15H14F2N2O/c1-8-3-6-13(18)9(2)14(8)19-15(20)11-7-10(16)4-5-12(11)17/h3-7H,18H2,1-2H3,(H,19,20). The van der Waals surface area contributed by atoms with E-state index in [0.29, 0.717) is 16.9 Å². The maximum atomic E-state index is 13.6. The van der Waals surface area contributed by atoms with Crippen molar-refractivity contribution in [2.24, 2.45) is 0 Å². The molecule has 0 spiro atoms. The Kier molecular flexibility index (Phi) is 3.70. The number of aryl methyl sites for hydroxylation is 1. The zero-order valence-corrected chi connectivity index (χ0v) is 11.1. The quantitative estimate of drug-likeness (QED) is 0.826. The molecule has 0 atom stereocenters. The van der Waals surface area contributed by atoms with Crippen molar-refractivity contribution in [2.45, 2.75) is 13.8 Å². The summed E-state index contributed by atoms with van der Waals surface area (Å²) in [5, 5.41) is 2.58. The second kappa shape index (κ2) is 5.28. The van der Waals surface area contributed by atoms with Crippen molar-refractivity contribution < 1.29 is 13.6 Å². The van der Waals surface area contributed by atoms with Gasteiger partial charge in [0.1, 0.15) is 11.6 Å². The molecule has 0 aliphatic heterocycles. The molecule has 0 saturated heterocycles. The Balaban J connectivity index is 2.38. The van der Waals surface area contributed by atoms with Gasteiger partial charge in [-0.05, 0) is 49.2 Å². The van der Waals surface area contributed by atoms with Gasteiger partial charge in [-0.1, -0.05) is 6.07 Å². The average Bonchev–Trinajstić information content (AvgIpc) is 2.41. The monoisotopic (exact) mass is 276 g/mol. The lowest BCUT2D eigenvalue weighted by molar-refractivity contribution is 0.102. The maximum absolute atomic E-state index is 13.6. The predicted molar refractivity (Wildman–Crippen MR) is 74.6 cm³/mol. The summed E-state index contributed by atoms with van der Waals surface area (Å²) in [4.78, 5) is 12.0. The van der Waals surface area contributed by atoms with Gasteiger partial charge in [0.2, 0.25) is 0 Å². The van der Waals surface area contributed by atoms with Gasteiger partial charge in [-0.3, -0.25) is 4.79 Å². The van der Waals surface area contributed by atoms with Crippen LogP contribution < -0.4 is 11.1 Å². The molecule has 0 aliphatic carbocycles. The summed E-state index contributed by atoms with van der Waals surface area (Å²) in [6, 6.07) is 6.22. The first-order valence-corrected chi connectivity index (χ1v) is 6.02. The van der Waals surface area contributed by atoms with Crippen molar-refractivity contribution in [1.29, 1.82) is 0 Å². The van der Waals surface area contributed by atoms with Gasteiger partial charge in [0.25, 0.3) is 5.91 Å². The molecule has 2 aromatic carbocycles. The van der Waals surface area contributed by atoms with Crippen molar-refractivity contribution in [2.75, 3.05) is 11.1 Å². The Morgan fingerprint density at radius 2 is 1.85 bits per heavy atom. The molecule has 0 heterocycles. The molecule has 2 rings (SSSR count). The number of rotatable bonds is 2. The topological polar surface area (TPSA) is 55.1 Å². The summed E-state index contributed by atoms with van der Waals surface area (Å²) in [5.41, 5.74) is 7.95. The summed E-state index contributed by atoms with van der Waals surface area (Å²) in [5.74, 6) is -2.15. The van der Waals surface area contributed by atoms with E-state index in [1.807, 2.05) is 0 Å². The van der Waals surface area contributed by atoms with E-state index in [9.17, 15) is 13.6 Å². The minimum absolute atomic E-state index is 0.341. The van der Waals surface area contributed by atoms with Gasteiger partial charge < -0.3 is 11.1 Å². The number of carbonyl (C=O) groups excluding carboxylic acids is 1. The van der Waals surface area contributed by atoms with E-state index in [2.05, 4.69) is 5.32 Å². The molecule has 0 saturated carbocycles. The number of nitrogens with two attached hydrogens (primary N) is 1. The molecular weight excluding hydrogens is 262 g/mol. The minimum atomic E-state index is -0.775. The van der Waals surface area contributed by atoms with Gasteiger partial charge in [0.05, 0.1) is 5.56 Å². The number of hydrogen-bond donors (Lipinski definition) is 2. The van der Waals surface area contributed by atoms with Crippen LogP contribution in [0.5, 0.6) is 0 Å². The molecule has 104 valence electrons. The first kappa shape index (κ1) is 14.0. The van der Waals surface area contributed by atoms with Crippen LogP contribution in [0.4, 0.5) is 20.2 Å². The molecule has 5 heteroatoms. The molecule has 0 unspecified atom stereocenters. The van der Waals surface area contributed by atoms with E-state index in [-0.39, 0.29) is 5.56 Å². The van der Waals surface area contributed by atoms with E-state index < -0.39 is 17.5 Å². The van der Waals surface area contributed by atoms with Gasteiger partial charge >= 0.3 is 0 Å². The molecule has 3 N–H and O–H groups in total. The van der Waals surface area contributed by atoms with E-state index >= 15 is 0 Å². The Morgan fingerprint density at radius 1 is 1.15 bits per heavy atom. The molecule has 0 fully saturated rings. The van der Waals surface area contributed by atoms with Crippen LogP contribution in [0.15, 0.2) is 30.3 Å². The zero-order chi connectivity index (χ0) is 14.9. The highest BCUT2D eigenvalue weighted by molar-refractivity contribution is 6.05. The fraction of sp³-hybridized carbons (Fsp3) is 0.133. The van der Waals surface area contributed by atoms with Crippen molar-refractivity contribution in [1.82, 2.24) is 0 Å². The highest BCUT2D eigenvalue weighted by Gasteiger charge is 2.15. The Bertz CT molecular complexity index is 684. The van der Waals surface area contributed by atoms with Crippen molar-refractivity contribution in [3.63, 3.8) is 0 Å². The molecule has 0 aromatic heterocycles. The molecule has 0 aliphatic rings. The molecule has 0 bridgehead atoms. The van der Waals surface area contributed by atoms with Gasteiger partial charge in [-0.25, -0.2) is 8.78 Å². The number of hydrogen-bond acceptors (Lipinski definition) is 2. The molecule has 1 amide bonds. The van der Waals surface area contributed by atoms with Gasteiger partial charge in [0, 0.05) is 11.4 Å². The maximum Gasteiger partial charge on any atom is 0.258 e. The smallest absolute Gasteiger partial charge is 0.258 e. The fourth-order valence-corrected chi connectivity index (χ4v) is 1.91. The van der Waals surface area contributed by atoms with Gasteiger partial charge in [0.15, 0.2) is 0 Å². The highest BCUT2D eigenvalue weighted by Crippen LogP contribution is 2.26. The number of benzene rings is 2. The molecule has 20 heavy (non-hydrogen) atoms. The third-order valence-corrected chi connectivity index (χ3v) is 3.13. The highest BCUT2D eigenvalue weighted by atomic mass is 19.1. The largest absolute Gasteiger partial charge is 0.398 e. The second-order valence-electron chi connectivity index (χ2n) is 4.55. The lowest BCUT2D eigenvalue weighted by atomic mass is 10.1. The van der Waals surface area contributed by atoms with Crippen LogP contribution in [0.1, 0.15) is 21.5 Å². The SMILES string of the molecule is Cc1ccc(N)c(C)c1NC(=O)c1cc(F)ccc1F. The van der Waals surface area contributed by atoms with Gasteiger partial charge in [-0.2, -0.15) is 0 Å². The first-order valence-electron chi connectivity index (χ1n) is 6.02. The normalized spacial score (nSPS) is 10.4. The van der Waals surface area contributed by atoms with Crippen LogP contribution in [0, 0.1) is 25.5 Å².